The number of nitrogens with one attached hydrogen (secondary N) is 1. The largest absolute Gasteiger partial charge is 0.331 e. The number of thiocarbonyl (C=S) groups is 1. The maximum absolute atomic E-state index is 12.9. The van der Waals surface area contributed by atoms with Crippen LogP contribution in [0.25, 0.3) is 0 Å². The molecule has 6 heteroatoms. The van der Waals surface area contributed by atoms with Crippen LogP contribution in [-0.2, 0) is 0 Å². The lowest BCUT2D eigenvalue weighted by atomic mass is 10.1. The van der Waals surface area contributed by atoms with Crippen molar-refractivity contribution in [1.29, 1.82) is 0 Å². The van der Waals surface area contributed by atoms with Gasteiger partial charge in [-0.05, 0) is 42.0 Å². The number of nitrogens with zero attached hydrogens (tertiary/aromatic N) is 2. The quantitative estimate of drug-likeness (QED) is 0.372. The molecule has 1 N–H and O–H groups in total. The number of rotatable bonds is 4. The Kier molecular flexibility index (Phi) is 6.03. The zero-order chi connectivity index (χ0) is 15.9. The van der Waals surface area contributed by atoms with Gasteiger partial charge in [0.2, 0.25) is 0 Å². The lowest BCUT2D eigenvalue weighted by Gasteiger charge is -2.17. The first-order valence-electron chi connectivity index (χ1n) is 6.59. The average molecular weight is 380 g/mol. The van der Waals surface area contributed by atoms with Gasteiger partial charge in [0.25, 0.3) is 0 Å². The number of halogens is 2. The van der Waals surface area contributed by atoms with Crippen molar-refractivity contribution in [3.8, 4) is 0 Å². The zero-order valence-corrected chi connectivity index (χ0v) is 14.4. The molecule has 0 aliphatic carbocycles. The third kappa shape index (κ3) is 4.61. The van der Waals surface area contributed by atoms with Crippen LogP contribution < -0.4 is 5.32 Å². The van der Waals surface area contributed by atoms with Crippen LogP contribution in [0.3, 0.4) is 0 Å². The lowest BCUT2D eigenvalue weighted by Crippen LogP contribution is -2.28. The number of hydrogen-bond acceptors (Lipinski definition) is 2. The highest BCUT2D eigenvalue weighted by Crippen LogP contribution is 2.10. The van der Waals surface area contributed by atoms with Crippen molar-refractivity contribution in [3.05, 3.63) is 66.0 Å². The first-order valence-corrected chi connectivity index (χ1v) is 8.12. The van der Waals surface area contributed by atoms with Gasteiger partial charge in [-0.1, -0.05) is 46.3 Å². The van der Waals surface area contributed by atoms with Crippen LogP contribution in [0.1, 0.15) is 5.56 Å². The molecule has 22 heavy (non-hydrogen) atoms. The summed E-state index contributed by atoms with van der Waals surface area (Å²) in [6, 6.07) is 15.9. The van der Waals surface area contributed by atoms with E-state index in [9.17, 15) is 4.39 Å². The number of hydrazone groups is 1. The van der Waals surface area contributed by atoms with E-state index in [1.165, 1.54) is 12.1 Å². The molecule has 0 saturated carbocycles. The maximum Gasteiger partial charge on any atom is 0.193 e. The maximum atomic E-state index is 12.9. The summed E-state index contributed by atoms with van der Waals surface area (Å²) < 4.78 is 12.9. The van der Waals surface area contributed by atoms with Crippen molar-refractivity contribution in [2.24, 2.45) is 5.10 Å². The van der Waals surface area contributed by atoms with Gasteiger partial charge >= 0.3 is 0 Å². The van der Waals surface area contributed by atoms with Crippen LogP contribution in [0, 0.1) is 5.82 Å². The van der Waals surface area contributed by atoms with Crippen molar-refractivity contribution in [3.63, 3.8) is 0 Å². The number of hydrogen-bond donors (Lipinski definition) is 1. The number of benzene rings is 2. The second kappa shape index (κ2) is 8.00. The Balaban J connectivity index is 2.09. The van der Waals surface area contributed by atoms with Crippen LogP contribution in [0.15, 0.2) is 59.7 Å². The molecule has 2 aromatic rings. The minimum atomic E-state index is -0.284. The predicted molar refractivity (Wildman–Crippen MR) is 97.2 cm³/mol. The van der Waals surface area contributed by atoms with E-state index >= 15 is 0 Å². The molecule has 0 radical (unpaired) electrons. The van der Waals surface area contributed by atoms with E-state index in [2.05, 4.69) is 26.3 Å². The van der Waals surface area contributed by atoms with Crippen LogP contribution in [0.5, 0.6) is 0 Å². The van der Waals surface area contributed by atoms with Crippen LogP contribution in [-0.4, -0.2) is 28.2 Å². The summed E-state index contributed by atoms with van der Waals surface area (Å²) in [7, 11) is 1.77. The standard InChI is InChI=1S/C16H15BrFN3S/c1-21(16(22)19-14-9-7-13(18)8-10-14)20-15(11-17)12-5-3-2-4-6-12/h2-10H,11H2,1H3,(H,19,22)/b20-15-. The molecule has 0 aromatic heterocycles. The molecule has 2 rings (SSSR count). The Bertz CT molecular complexity index is 659. The molecule has 114 valence electrons. The fourth-order valence-electron chi connectivity index (χ4n) is 1.76. The smallest absolute Gasteiger partial charge is 0.193 e. The molecule has 0 aliphatic heterocycles. The van der Waals surface area contributed by atoms with E-state index in [-0.39, 0.29) is 5.82 Å². The molecule has 0 aliphatic rings. The van der Waals surface area contributed by atoms with Crippen molar-refractivity contribution in [2.75, 3.05) is 17.7 Å². The van der Waals surface area contributed by atoms with Gasteiger partial charge in [-0.2, -0.15) is 5.10 Å². The Morgan fingerprint density at radius 1 is 1.18 bits per heavy atom. The van der Waals surface area contributed by atoms with E-state index < -0.39 is 0 Å². The first kappa shape index (κ1) is 16.6. The molecular formula is C16H15BrFN3S. The van der Waals surface area contributed by atoms with Gasteiger partial charge in [0.05, 0.1) is 5.71 Å². The molecule has 3 nitrogen and oxygen atoms in total. The van der Waals surface area contributed by atoms with E-state index in [1.807, 2.05) is 30.3 Å². The van der Waals surface area contributed by atoms with Gasteiger partial charge in [-0.3, -0.25) is 0 Å². The third-order valence-corrected chi connectivity index (χ3v) is 3.79. The summed E-state index contributed by atoms with van der Waals surface area (Å²) in [4.78, 5) is 0. The Labute approximate surface area is 143 Å². The van der Waals surface area contributed by atoms with E-state index in [0.29, 0.717) is 16.1 Å². The summed E-state index contributed by atoms with van der Waals surface area (Å²) in [5, 5.41) is 10.2. The Morgan fingerprint density at radius 3 is 2.41 bits per heavy atom. The summed E-state index contributed by atoms with van der Waals surface area (Å²) in [5.41, 5.74) is 2.61. The SMILES string of the molecule is CN(/N=C(/CBr)c1ccccc1)C(=S)Nc1ccc(F)cc1. The van der Waals surface area contributed by atoms with E-state index in [4.69, 9.17) is 12.2 Å². The Hall–Kier alpha value is -1.79. The van der Waals surface area contributed by atoms with Crippen molar-refractivity contribution in [1.82, 2.24) is 5.01 Å². The van der Waals surface area contributed by atoms with Gasteiger partial charge < -0.3 is 5.32 Å². The summed E-state index contributed by atoms with van der Waals surface area (Å²) in [6.07, 6.45) is 0. The van der Waals surface area contributed by atoms with Gasteiger partial charge in [0, 0.05) is 18.1 Å². The van der Waals surface area contributed by atoms with E-state index in [0.717, 1.165) is 11.3 Å². The molecule has 0 fully saturated rings. The zero-order valence-electron chi connectivity index (χ0n) is 12.0. The molecule has 2 aromatic carbocycles. The molecule has 0 bridgehead atoms. The average Bonchev–Trinajstić information content (AvgIpc) is 2.55. The molecular weight excluding hydrogens is 365 g/mol. The summed E-state index contributed by atoms with van der Waals surface area (Å²) in [5.74, 6) is -0.284. The van der Waals surface area contributed by atoms with Crippen LogP contribution in [0.4, 0.5) is 10.1 Å². The summed E-state index contributed by atoms with van der Waals surface area (Å²) >= 11 is 8.75. The normalized spacial score (nSPS) is 11.1. The molecule has 0 amide bonds. The van der Waals surface area contributed by atoms with Crippen molar-refractivity contribution >= 4 is 44.7 Å². The Morgan fingerprint density at radius 2 is 1.82 bits per heavy atom. The molecule has 0 saturated heterocycles. The lowest BCUT2D eigenvalue weighted by molar-refractivity contribution is 0.553. The topological polar surface area (TPSA) is 27.6 Å². The predicted octanol–water partition coefficient (Wildman–Crippen LogP) is 4.25. The monoisotopic (exact) mass is 379 g/mol. The van der Waals surface area contributed by atoms with E-state index in [1.54, 1.807) is 24.2 Å². The van der Waals surface area contributed by atoms with Crippen molar-refractivity contribution < 1.29 is 4.39 Å². The van der Waals surface area contributed by atoms with Gasteiger partial charge in [0.1, 0.15) is 5.82 Å². The highest BCUT2D eigenvalue weighted by molar-refractivity contribution is 9.09. The van der Waals surface area contributed by atoms with Crippen molar-refractivity contribution in [2.45, 2.75) is 0 Å². The van der Waals surface area contributed by atoms with Crippen LogP contribution >= 0.6 is 28.1 Å². The first-order chi connectivity index (χ1) is 10.6. The number of anilines is 1. The molecule has 0 heterocycles. The highest BCUT2D eigenvalue weighted by atomic mass is 79.9. The molecule has 0 atom stereocenters. The third-order valence-electron chi connectivity index (χ3n) is 2.89. The van der Waals surface area contributed by atoms with Gasteiger partial charge in [-0.15, -0.1) is 0 Å². The molecule has 0 unspecified atom stereocenters. The second-order valence-corrected chi connectivity index (χ2v) is 5.45. The molecule has 0 spiro atoms. The van der Waals surface area contributed by atoms with Gasteiger partial charge in [-0.25, -0.2) is 9.40 Å². The summed E-state index contributed by atoms with van der Waals surface area (Å²) in [6.45, 7) is 0. The highest BCUT2D eigenvalue weighted by Gasteiger charge is 2.07. The fraction of sp³-hybridized carbons (Fsp3) is 0.125. The second-order valence-electron chi connectivity index (χ2n) is 4.51. The fourth-order valence-corrected chi connectivity index (χ4v) is 2.35. The number of alkyl halides is 1. The minimum Gasteiger partial charge on any atom is -0.331 e. The van der Waals surface area contributed by atoms with Gasteiger partial charge in [0.15, 0.2) is 5.11 Å². The minimum absolute atomic E-state index is 0.284. The van der Waals surface area contributed by atoms with Crippen LogP contribution in [0.2, 0.25) is 0 Å².